The van der Waals surface area contributed by atoms with Crippen molar-refractivity contribution in [3.8, 4) is 22.5 Å². The van der Waals surface area contributed by atoms with Crippen LogP contribution in [-0.2, 0) is 25.0 Å². The second kappa shape index (κ2) is 11.3. The van der Waals surface area contributed by atoms with Crippen LogP contribution in [0.1, 0.15) is 37.0 Å². The first kappa shape index (κ1) is 30.8. The summed E-state index contributed by atoms with van der Waals surface area (Å²) in [5, 5.41) is 7.41. The number of nitrogen functional groups attached to an aromatic ring is 1. The molecule has 1 amide bonds. The Labute approximate surface area is 242 Å². The molecule has 5 N–H and O–H groups in total. The predicted molar refractivity (Wildman–Crippen MR) is 154 cm³/mol. The second-order valence-electron chi connectivity index (χ2n) is 10.1. The minimum absolute atomic E-state index is 0.0498. The molecular weight excluding hydrogens is 586 g/mol. The van der Waals surface area contributed by atoms with Gasteiger partial charge in [0, 0.05) is 42.4 Å². The minimum Gasteiger partial charge on any atom is -0.453 e. The number of nitrogens with one attached hydrogen (secondary N) is 1. The number of fused-ring (bicyclic) bond motifs is 2. The van der Waals surface area contributed by atoms with Gasteiger partial charge in [-0.2, -0.15) is 16.8 Å². The molecule has 0 bridgehead atoms. The maximum atomic E-state index is 13.5. The summed E-state index contributed by atoms with van der Waals surface area (Å²) in [7, 11) is -8.43. The van der Waals surface area contributed by atoms with Crippen molar-refractivity contribution in [3.05, 3.63) is 59.5 Å². The van der Waals surface area contributed by atoms with Crippen LogP contribution in [0.5, 0.6) is 0 Å². The summed E-state index contributed by atoms with van der Waals surface area (Å²) in [4.78, 5) is 25.2. The van der Waals surface area contributed by atoms with Crippen molar-refractivity contribution in [1.82, 2.24) is 4.90 Å². The van der Waals surface area contributed by atoms with E-state index in [2.05, 4.69) is 0 Å². The van der Waals surface area contributed by atoms with Crippen molar-refractivity contribution in [2.24, 2.45) is 5.92 Å². The molecule has 0 unspecified atom stereocenters. The summed E-state index contributed by atoms with van der Waals surface area (Å²) in [6, 6.07) is 11.5. The van der Waals surface area contributed by atoms with E-state index in [9.17, 15) is 35.5 Å². The summed E-state index contributed by atoms with van der Waals surface area (Å²) >= 11 is 0. The highest BCUT2D eigenvalue weighted by molar-refractivity contribution is 7.86. The Morgan fingerprint density at radius 1 is 0.976 bits per heavy atom. The van der Waals surface area contributed by atoms with Crippen LogP contribution in [0.25, 0.3) is 33.4 Å². The number of nitrogens with zero attached hydrogens (tertiary/aromatic N) is 1. The van der Waals surface area contributed by atoms with Crippen molar-refractivity contribution in [3.63, 3.8) is 0 Å². The Hall–Kier alpha value is -4.11. The van der Waals surface area contributed by atoms with E-state index in [0.29, 0.717) is 24.9 Å². The predicted octanol–water partition coefficient (Wildman–Crippen LogP) is 3.84. The fourth-order valence-corrected chi connectivity index (χ4v) is 6.19. The van der Waals surface area contributed by atoms with Crippen molar-refractivity contribution in [2.75, 3.05) is 19.3 Å². The molecule has 2 aliphatic rings. The van der Waals surface area contributed by atoms with E-state index in [0.717, 1.165) is 6.07 Å². The molecule has 1 aliphatic heterocycles. The van der Waals surface area contributed by atoms with Gasteiger partial charge in [-0.15, -0.1) is 0 Å². The maximum Gasteiger partial charge on any atom is 0.300 e. The zero-order valence-electron chi connectivity index (χ0n) is 22.9. The van der Waals surface area contributed by atoms with Crippen molar-refractivity contribution >= 4 is 48.6 Å². The molecule has 42 heavy (non-hydrogen) atoms. The summed E-state index contributed by atoms with van der Waals surface area (Å²) in [6.07, 6.45) is 0.772. The maximum absolute atomic E-state index is 13.5. The monoisotopic (exact) mass is 615 g/mol. The molecule has 0 saturated carbocycles. The van der Waals surface area contributed by atoms with Crippen LogP contribution < -0.4 is 11.1 Å². The average molecular weight is 616 g/mol. The molecule has 4 rings (SSSR count). The summed E-state index contributed by atoms with van der Waals surface area (Å²) in [6.45, 7) is 3.91. The molecule has 2 aromatic carbocycles. The smallest absolute Gasteiger partial charge is 0.300 e. The lowest BCUT2D eigenvalue weighted by molar-refractivity contribution is -0.122. The summed E-state index contributed by atoms with van der Waals surface area (Å²) < 4.78 is 74.4. The normalized spacial score (nSPS) is 12.2. The van der Waals surface area contributed by atoms with E-state index in [4.69, 9.17) is 15.6 Å². The fraction of sp³-hybridized carbons (Fsp3) is 0.250. The number of amides is 1. The first-order chi connectivity index (χ1) is 19.5. The summed E-state index contributed by atoms with van der Waals surface area (Å²) in [5.74, 6) is -0.945. The molecule has 0 atom stereocenters. The highest BCUT2D eigenvalue weighted by Gasteiger charge is 2.29. The number of anilines is 1. The van der Waals surface area contributed by atoms with Crippen LogP contribution in [0.3, 0.4) is 0 Å². The van der Waals surface area contributed by atoms with Crippen LogP contribution in [0.4, 0.5) is 5.69 Å². The third kappa shape index (κ3) is 5.92. The molecular formula is C28H29N3O9S2. The molecule has 1 aliphatic carbocycles. The fourth-order valence-electron chi connectivity index (χ4n) is 4.71. The number of rotatable bonds is 9. The van der Waals surface area contributed by atoms with E-state index in [1.165, 1.54) is 23.1 Å². The van der Waals surface area contributed by atoms with E-state index in [1.807, 2.05) is 13.8 Å². The van der Waals surface area contributed by atoms with Crippen LogP contribution in [-0.4, -0.2) is 56.1 Å². The van der Waals surface area contributed by atoms with Gasteiger partial charge in [0.1, 0.15) is 5.78 Å². The van der Waals surface area contributed by atoms with Gasteiger partial charge in [0.25, 0.3) is 26.1 Å². The van der Waals surface area contributed by atoms with Gasteiger partial charge in [0.2, 0.25) is 0 Å². The Kier molecular flexibility index (Phi) is 8.29. The first-order valence-corrected chi connectivity index (χ1v) is 15.6. The van der Waals surface area contributed by atoms with Gasteiger partial charge in [0.05, 0.1) is 11.0 Å². The number of ketones is 1. The van der Waals surface area contributed by atoms with Gasteiger partial charge >= 0.3 is 0 Å². The Morgan fingerprint density at radius 2 is 1.62 bits per heavy atom. The summed E-state index contributed by atoms with van der Waals surface area (Å²) in [5.41, 5.74) is 5.94. The molecule has 2 aromatic rings. The standard InChI is InChI=1S/C28H29N3O9S2/c1-15(2)23(32)9-6-12-31(3)28(33)18-8-5-4-7-17(18)19-14-22(30)27(42(37,38)39)25-20(19)13-16-10-11-21(29)26(24(16)40-25)41(34,35)36/h4-5,7-8,10-11,13-15,29H,6,9,12,30H2,1-3H3,(H,34,35,36)(H,37,38,39). The quantitative estimate of drug-likeness (QED) is 0.121. The molecule has 14 heteroatoms. The number of nitrogens with two attached hydrogens (primary N) is 1. The third-order valence-corrected chi connectivity index (χ3v) is 8.68. The molecule has 0 fully saturated rings. The largest absolute Gasteiger partial charge is 0.453 e. The van der Waals surface area contributed by atoms with Crippen LogP contribution in [0.15, 0.2) is 62.7 Å². The van der Waals surface area contributed by atoms with E-state index in [-0.39, 0.29) is 33.8 Å². The Bertz CT molecular complexity index is 1980. The molecule has 0 radical (unpaired) electrons. The first-order valence-electron chi connectivity index (χ1n) is 12.7. The minimum atomic E-state index is -5.03. The molecule has 0 aromatic heterocycles. The number of carbonyl (C=O) groups excluding carboxylic acids is 2. The van der Waals surface area contributed by atoms with E-state index in [1.54, 1.807) is 31.3 Å². The molecule has 1 heterocycles. The van der Waals surface area contributed by atoms with Gasteiger partial charge in [-0.1, -0.05) is 32.0 Å². The van der Waals surface area contributed by atoms with Gasteiger partial charge in [-0.25, -0.2) is 0 Å². The Balaban J connectivity index is 1.97. The second-order valence-corrected chi connectivity index (χ2v) is 12.9. The van der Waals surface area contributed by atoms with Gasteiger partial charge in [-0.3, -0.25) is 24.1 Å². The van der Waals surface area contributed by atoms with E-state index >= 15 is 0 Å². The number of Topliss-reactive ketones (excluding diaryl/α,β-unsaturated/α-hetero) is 1. The van der Waals surface area contributed by atoms with Gasteiger partial charge in [0.15, 0.2) is 21.1 Å². The SMILES string of the molecule is CC(C)C(=O)CCCN(C)C(=O)c1ccccc1-c1cc(N)c(S(=O)(=O)O)c2oc3c(S(=O)(=O)O)c(=N)ccc-3cc12. The molecule has 0 spiro atoms. The highest BCUT2D eigenvalue weighted by atomic mass is 32.2. The third-order valence-electron chi connectivity index (χ3n) is 6.82. The number of carbonyl (C=O) groups is 2. The van der Waals surface area contributed by atoms with Crippen molar-refractivity contribution in [1.29, 1.82) is 5.41 Å². The number of hydrogen-bond acceptors (Lipinski definition) is 9. The van der Waals surface area contributed by atoms with Crippen molar-refractivity contribution < 1.29 is 39.9 Å². The average Bonchev–Trinajstić information content (AvgIpc) is 2.89. The number of benzene rings is 3. The Morgan fingerprint density at radius 3 is 2.24 bits per heavy atom. The zero-order valence-corrected chi connectivity index (χ0v) is 24.5. The van der Waals surface area contributed by atoms with Crippen LogP contribution in [0.2, 0.25) is 0 Å². The molecule has 0 saturated heterocycles. The highest BCUT2D eigenvalue weighted by Crippen LogP contribution is 2.42. The van der Waals surface area contributed by atoms with Crippen molar-refractivity contribution in [2.45, 2.75) is 36.5 Å². The van der Waals surface area contributed by atoms with Gasteiger partial charge in [-0.05, 0) is 47.9 Å². The lowest BCUT2D eigenvalue weighted by atomic mass is 9.94. The number of hydrogen-bond donors (Lipinski definition) is 4. The zero-order chi connectivity index (χ0) is 31.1. The van der Waals surface area contributed by atoms with Crippen LogP contribution in [0, 0.1) is 11.3 Å². The lowest BCUT2D eigenvalue weighted by Gasteiger charge is -2.21. The van der Waals surface area contributed by atoms with Gasteiger partial charge < -0.3 is 15.1 Å². The molecule has 222 valence electrons. The molecule has 12 nitrogen and oxygen atoms in total. The van der Waals surface area contributed by atoms with E-state index < -0.39 is 58.3 Å². The van der Waals surface area contributed by atoms with Crippen LogP contribution >= 0.6 is 0 Å². The topological polar surface area (TPSA) is 209 Å². The lowest BCUT2D eigenvalue weighted by Crippen LogP contribution is -2.28.